The summed E-state index contributed by atoms with van der Waals surface area (Å²) in [5, 5.41) is 4.86. The van der Waals surface area contributed by atoms with Crippen LogP contribution in [0.15, 0.2) is 27.7 Å². The molecule has 11 heteroatoms. The molecule has 0 saturated carbocycles. The summed E-state index contributed by atoms with van der Waals surface area (Å²) in [6, 6.07) is 5.31. The van der Waals surface area contributed by atoms with Crippen molar-refractivity contribution in [2.24, 2.45) is 4.99 Å². The second kappa shape index (κ2) is 13.5. The van der Waals surface area contributed by atoms with Gasteiger partial charge in [-0.25, -0.2) is 4.99 Å². The summed E-state index contributed by atoms with van der Waals surface area (Å²) in [5.41, 5.74) is 1.28. The lowest BCUT2D eigenvalue weighted by molar-refractivity contribution is -0.155. The van der Waals surface area contributed by atoms with Crippen molar-refractivity contribution in [2.45, 2.75) is 38.9 Å². The van der Waals surface area contributed by atoms with Gasteiger partial charge in [0.15, 0.2) is 5.75 Å². The number of methoxy groups -OCH3 is 1. The summed E-state index contributed by atoms with van der Waals surface area (Å²) in [7, 11) is 1.51. The molecule has 1 unspecified atom stereocenters. The number of carbonyl (C=O) groups is 1. The van der Waals surface area contributed by atoms with Crippen molar-refractivity contribution in [1.29, 1.82) is 0 Å². The van der Waals surface area contributed by atoms with Crippen LogP contribution in [0.2, 0.25) is 10.0 Å². The van der Waals surface area contributed by atoms with Crippen LogP contribution >= 0.6 is 23.2 Å². The van der Waals surface area contributed by atoms with Gasteiger partial charge in [-0.1, -0.05) is 28.4 Å². The summed E-state index contributed by atoms with van der Waals surface area (Å²) in [4.78, 5) is 15.1. The Labute approximate surface area is 208 Å². The number of aliphatic imine (C=N–C) groups is 1. The van der Waals surface area contributed by atoms with Crippen molar-refractivity contribution in [1.82, 2.24) is 5.16 Å². The first kappa shape index (κ1) is 26.3. The number of benzene rings is 1. The Morgan fingerprint density at radius 3 is 2.59 bits per heavy atom. The number of hydrogen-bond acceptors (Lipinski definition) is 9. The third-order valence-corrected chi connectivity index (χ3v) is 5.40. The fraction of sp³-hybridized carbons (Fsp3) is 0.522. The third kappa shape index (κ3) is 7.87. The zero-order valence-corrected chi connectivity index (χ0v) is 20.7. The minimum atomic E-state index is -0.686. The fourth-order valence-corrected chi connectivity index (χ4v) is 3.85. The molecule has 1 aliphatic rings. The third-order valence-electron chi connectivity index (χ3n) is 4.84. The van der Waals surface area contributed by atoms with Crippen LogP contribution in [0.1, 0.15) is 49.5 Å². The smallest absolute Gasteiger partial charge is 0.302 e. The molecule has 1 aliphatic heterocycles. The SMILES string of the molecule is COC(OCCOC(C)=O)c1cc(CCCCCOc2c(Cl)cc(C3=NCCO3)cc2Cl)on1. The Hall–Kier alpha value is -2.33. The van der Waals surface area contributed by atoms with E-state index in [4.69, 9.17) is 51.4 Å². The molecule has 2 aromatic rings. The summed E-state index contributed by atoms with van der Waals surface area (Å²) < 4.78 is 32.3. The van der Waals surface area contributed by atoms with Crippen molar-refractivity contribution in [3.63, 3.8) is 0 Å². The van der Waals surface area contributed by atoms with Crippen LogP contribution in [0.25, 0.3) is 0 Å². The lowest BCUT2D eigenvalue weighted by Crippen LogP contribution is -2.13. The highest BCUT2D eigenvalue weighted by Gasteiger charge is 2.18. The largest absolute Gasteiger partial charge is 0.490 e. The molecule has 1 atom stereocenters. The Bertz CT molecular complexity index is 957. The molecule has 186 valence electrons. The van der Waals surface area contributed by atoms with E-state index >= 15 is 0 Å². The maximum Gasteiger partial charge on any atom is 0.302 e. The first-order valence-electron chi connectivity index (χ1n) is 11.0. The molecular formula is C23H28Cl2N2O7. The van der Waals surface area contributed by atoms with Gasteiger partial charge < -0.3 is 28.2 Å². The van der Waals surface area contributed by atoms with E-state index in [0.717, 1.165) is 37.0 Å². The molecule has 0 bridgehead atoms. The molecule has 0 saturated heterocycles. The highest BCUT2D eigenvalue weighted by molar-refractivity contribution is 6.37. The molecular weight excluding hydrogens is 487 g/mol. The van der Waals surface area contributed by atoms with Crippen LogP contribution in [0, 0.1) is 0 Å². The average Bonchev–Trinajstić information content (AvgIpc) is 3.50. The van der Waals surface area contributed by atoms with Crippen molar-refractivity contribution >= 4 is 35.1 Å². The standard InChI is InChI=1S/C23H28Cl2N2O7/c1-15(28)30-10-11-33-23(29-2)20-14-17(34-27-20)6-4-3-5-8-31-21-18(24)12-16(13-19(21)25)22-26-7-9-32-22/h12-14,23H,3-11H2,1-2H3. The van der Waals surface area contributed by atoms with E-state index in [1.165, 1.54) is 14.0 Å². The van der Waals surface area contributed by atoms with E-state index in [2.05, 4.69) is 10.1 Å². The molecule has 0 aliphatic carbocycles. The van der Waals surface area contributed by atoms with E-state index in [-0.39, 0.29) is 19.2 Å². The zero-order valence-electron chi connectivity index (χ0n) is 19.2. The number of aryl methyl sites for hydroxylation is 1. The normalized spacial score (nSPS) is 13.9. The Morgan fingerprint density at radius 1 is 1.12 bits per heavy atom. The second-order valence-corrected chi connectivity index (χ2v) is 8.27. The molecule has 9 nitrogen and oxygen atoms in total. The highest BCUT2D eigenvalue weighted by atomic mass is 35.5. The van der Waals surface area contributed by atoms with Gasteiger partial charge in [0.1, 0.15) is 24.7 Å². The molecule has 1 aromatic carbocycles. The topological polar surface area (TPSA) is 102 Å². The summed E-state index contributed by atoms with van der Waals surface area (Å²) in [6.07, 6.45) is 2.66. The number of esters is 1. The maximum absolute atomic E-state index is 10.8. The molecule has 34 heavy (non-hydrogen) atoms. The molecule has 0 radical (unpaired) electrons. The van der Waals surface area contributed by atoms with Crippen molar-refractivity contribution in [3.8, 4) is 5.75 Å². The lowest BCUT2D eigenvalue weighted by atomic mass is 10.1. The Kier molecular flexibility index (Phi) is 10.5. The molecule has 3 rings (SSSR count). The number of hydrogen-bond donors (Lipinski definition) is 0. The maximum atomic E-state index is 10.8. The second-order valence-electron chi connectivity index (χ2n) is 7.46. The summed E-state index contributed by atoms with van der Waals surface area (Å²) in [5.74, 6) is 1.39. The minimum absolute atomic E-state index is 0.145. The van der Waals surface area contributed by atoms with Crippen molar-refractivity contribution in [3.05, 3.63) is 45.3 Å². The predicted molar refractivity (Wildman–Crippen MR) is 126 cm³/mol. The predicted octanol–water partition coefficient (Wildman–Crippen LogP) is 4.77. The van der Waals surface area contributed by atoms with Crippen LogP contribution in [0.3, 0.4) is 0 Å². The Morgan fingerprint density at radius 2 is 1.91 bits per heavy atom. The van der Waals surface area contributed by atoms with E-state index in [0.29, 0.717) is 47.1 Å². The van der Waals surface area contributed by atoms with E-state index < -0.39 is 6.29 Å². The summed E-state index contributed by atoms with van der Waals surface area (Å²) in [6.45, 7) is 3.37. The van der Waals surface area contributed by atoms with Crippen molar-refractivity contribution < 1.29 is 33.0 Å². The quantitative estimate of drug-likeness (QED) is 0.201. The molecule has 2 heterocycles. The van der Waals surface area contributed by atoms with E-state index in [1.807, 2.05) is 0 Å². The first-order valence-corrected chi connectivity index (χ1v) is 11.8. The van der Waals surface area contributed by atoms with Gasteiger partial charge in [0, 0.05) is 32.1 Å². The van der Waals surface area contributed by atoms with Gasteiger partial charge in [-0.3, -0.25) is 4.79 Å². The first-order chi connectivity index (χ1) is 16.5. The van der Waals surface area contributed by atoms with Crippen molar-refractivity contribution in [2.75, 3.05) is 40.1 Å². The van der Waals surface area contributed by atoms with Gasteiger partial charge in [-0.05, 0) is 31.4 Å². The lowest BCUT2D eigenvalue weighted by Gasteiger charge is -2.13. The number of halogens is 2. The van der Waals surface area contributed by atoms with Crippen LogP contribution in [-0.2, 0) is 30.2 Å². The molecule has 0 spiro atoms. The zero-order chi connectivity index (χ0) is 24.3. The minimum Gasteiger partial charge on any atom is -0.490 e. The highest BCUT2D eigenvalue weighted by Crippen LogP contribution is 2.35. The molecule has 0 amide bonds. The number of aromatic nitrogens is 1. The molecule has 0 fully saturated rings. The van der Waals surface area contributed by atoms with E-state index in [1.54, 1.807) is 18.2 Å². The van der Waals surface area contributed by atoms with Gasteiger partial charge in [-0.15, -0.1) is 0 Å². The van der Waals surface area contributed by atoms with Crippen LogP contribution < -0.4 is 4.74 Å². The average molecular weight is 515 g/mol. The number of unbranched alkanes of at least 4 members (excludes halogenated alkanes) is 2. The monoisotopic (exact) mass is 514 g/mol. The van der Waals surface area contributed by atoms with Crippen LogP contribution in [0.5, 0.6) is 5.75 Å². The molecule has 0 N–H and O–H groups in total. The number of nitrogens with zero attached hydrogens (tertiary/aromatic N) is 2. The number of ether oxygens (including phenoxy) is 5. The number of rotatable bonds is 14. The fourth-order valence-electron chi connectivity index (χ4n) is 3.26. The Balaban J connectivity index is 1.36. The molecule has 1 aromatic heterocycles. The number of carbonyl (C=O) groups excluding carboxylic acids is 1. The van der Waals surface area contributed by atoms with Crippen LogP contribution in [0.4, 0.5) is 0 Å². The summed E-state index contributed by atoms with van der Waals surface area (Å²) >= 11 is 12.7. The van der Waals surface area contributed by atoms with Gasteiger partial charge in [-0.2, -0.15) is 0 Å². The van der Waals surface area contributed by atoms with Gasteiger partial charge >= 0.3 is 5.97 Å². The van der Waals surface area contributed by atoms with Gasteiger partial charge in [0.2, 0.25) is 12.2 Å². The van der Waals surface area contributed by atoms with Crippen LogP contribution in [-0.4, -0.2) is 57.1 Å². The van der Waals surface area contributed by atoms with Gasteiger partial charge in [0.25, 0.3) is 0 Å². The van der Waals surface area contributed by atoms with E-state index in [9.17, 15) is 4.79 Å². The van der Waals surface area contributed by atoms with Gasteiger partial charge in [0.05, 0.1) is 29.8 Å².